The van der Waals surface area contributed by atoms with Crippen molar-refractivity contribution in [3.63, 3.8) is 0 Å². The Bertz CT molecular complexity index is 1220. The van der Waals surface area contributed by atoms with E-state index in [1.807, 2.05) is 57.4 Å². The summed E-state index contributed by atoms with van der Waals surface area (Å²) >= 11 is 1.70. The van der Waals surface area contributed by atoms with E-state index in [-0.39, 0.29) is 17.9 Å². The summed E-state index contributed by atoms with van der Waals surface area (Å²) in [6.45, 7) is 6.62. The summed E-state index contributed by atoms with van der Waals surface area (Å²) in [4.78, 5) is 24.9. The number of carbonyl (C=O) groups excluding carboxylic acids is 2. The van der Waals surface area contributed by atoms with Gasteiger partial charge in [-0.2, -0.15) is 11.8 Å². The molecule has 0 aliphatic carbocycles. The summed E-state index contributed by atoms with van der Waals surface area (Å²) < 4.78 is 25.0. The minimum atomic E-state index is -0.655. The van der Waals surface area contributed by atoms with Crippen molar-refractivity contribution in [3.05, 3.63) is 76.8 Å². The second-order valence-corrected chi connectivity index (χ2v) is 10.2. The Labute approximate surface area is 215 Å². The average Bonchev–Trinajstić information content (AvgIpc) is 3.33. The van der Waals surface area contributed by atoms with Crippen molar-refractivity contribution in [2.24, 2.45) is 0 Å². The van der Waals surface area contributed by atoms with Crippen LogP contribution in [0.2, 0.25) is 0 Å². The first-order chi connectivity index (χ1) is 17.2. The molecule has 1 atom stereocenters. The van der Waals surface area contributed by atoms with Crippen molar-refractivity contribution in [2.45, 2.75) is 45.4 Å². The number of thioether (sulfide) groups is 1. The van der Waals surface area contributed by atoms with Crippen LogP contribution in [0.25, 0.3) is 11.1 Å². The molecule has 6 nitrogen and oxygen atoms in total. The zero-order chi connectivity index (χ0) is 25.9. The molecular weight excluding hydrogens is 479 g/mol. The van der Waals surface area contributed by atoms with E-state index in [2.05, 4.69) is 10.6 Å². The molecule has 36 heavy (non-hydrogen) atoms. The predicted octanol–water partition coefficient (Wildman–Crippen LogP) is 5.16. The zero-order valence-corrected chi connectivity index (χ0v) is 21.8. The van der Waals surface area contributed by atoms with Gasteiger partial charge < -0.3 is 20.1 Å². The van der Waals surface area contributed by atoms with E-state index in [1.165, 1.54) is 12.1 Å². The Morgan fingerprint density at radius 1 is 1.22 bits per heavy atom. The first kappa shape index (κ1) is 26.0. The lowest BCUT2D eigenvalue weighted by atomic mass is 9.91. The lowest BCUT2D eigenvalue weighted by Gasteiger charge is -2.23. The second kappa shape index (κ2) is 10.9. The van der Waals surface area contributed by atoms with Gasteiger partial charge in [-0.05, 0) is 74.6 Å². The molecule has 0 saturated carbocycles. The minimum absolute atomic E-state index is 0.223. The summed E-state index contributed by atoms with van der Waals surface area (Å²) in [7, 11) is 0. The van der Waals surface area contributed by atoms with Crippen molar-refractivity contribution in [2.75, 3.05) is 23.9 Å². The highest BCUT2D eigenvalue weighted by molar-refractivity contribution is 7.98. The standard InChI is InChI=1S/C28H31FN2O4S/c1-5-34-27(33)22(12-13-36-4)30-16-17-6-8-18(9-7-17)21-15-24(35-28(21,2)3)25-20-11-10-19(29)14-23(20)31-26(25)32/h6-11,14-15,22,30H,5,12-13,16H2,1-4H3,(H,31,32). The molecule has 190 valence electrons. The normalized spacial score (nSPS) is 18.8. The second-order valence-electron chi connectivity index (χ2n) is 9.22. The van der Waals surface area contributed by atoms with Gasteiger partial charge in [0, 0.05) is 17.7 Å². The molecule has 2 heterocycles. The summed E-state index contributed by atoms with van der Waals surface area (Å²) in [6, 6.07) is 12.0. The molecule has 0 spiro atoms. The van der Waals surface area contributed by atoms with Crippen molar-refractivity contribution in [1.82, 2.24) is 5.32 Å². The maximum absolute atomic E-state index is 13.6. The zero-order valence-electron chi connectivity index (χ0n) is 20.9. The third-order valence-corrected chi connectivity index (χ3v) is 6.91. The Morgan fingerprint density at radius 3 is 2.67 bits per heavy atom. The van der Waals surface area contributed by atoms with E-state index in [0.717, 1.165) is 22.5 Å². The van der Waals surface area contributed by atoms with Crippen LogP contribution in [0.5, 0.6) is 0 Å². The smallest absolute Gasteiger partial charge is 0.323 e. The Hall–Kier alpha value is -3.10. The van der Waals surface area contributed by atoms with Gasteiger partial charge in [0.25, 0.3) is 5.91 Å². The van der Waals surface area contributed by atoms with Gasteiger partial charge in [0.15, 0.2) is 0 Å². The molecule has 2 N–H and O–H groups in total. The van der Waals surface area contributed by atoms with Crippen molar-refractivity contribution in [1.29, 1.82) is 0 Å². The summed E-state index contributed by atoms with van der Waals surface area (Å²) in [5, 5.41) is 6.04. The van der Waals surface area contributed by atoms with Crippen LogP contribution in [-0.4, -0.2) is 42.1 Å². The summed E-state index contributed by atoms with van der Waals surface area (Å²) in [5.41, 5.74) is 3.78. The first-order valence-corrected chi connectivity index (χ1v) is 13.4. The van der Waals surface area contributed by atoms with Crippen LogP contribution in [0.4, 0.5) is 10.1 Å². The molecule has 0 radical (unpaired) electrons. The molecule has 0 fully saturated rings. The molecule has 2 aliphatic rings. The average molecular weight is 511 g/mol. The molecule has 2 aromatic carbocycles. The number of esters is 1. The number of hydrogen-bond acceptors (Lipinski definition) is 6. The number of benzene rings is 2. The third-order valence-electron chi connectivity index (χ3n) is 6.26. The molecule has 8 heteroatoms. The van der Waals surface area contributed by atoms with E-state index in [9.17, 15) is 14.0 Å². The number of carbonyl (C=O) groups is 2. The summed E-state index contributed by atoms with van der Waals surface area (Å²) in [5.74, 6) is 0.400. The first-order valence-electron chi connectivity index (χ1n) is 12.0. The number of amides is 1. The highest BCUT2D eigenvalue weighted by Gasteiger charge is 2.38. The molecule has 2 aromatic rings. The lowest BCUT2D eigenvalue weighted by molar-refractivity contribution is -0.145. The van der Waals surface area contributed by atoms with Gasteiger partial charge in [-0.3, -0.25) is 9.59 Å². The van der Waals surface area contributed by atoms with Gasteiger partial charge in [-0.25, -0.2) is 4.39 Å². The fraction of sp³-hybridized carbons (Fsp3) is 0.357. The van der Waals surface area contributed by atoms with Gasteiger partial charge in [-0.1, -0.05) is 24.3 Å². The quantitative estimate of drug-likeness (QED) is 0.359. The fourth-order valence-corrected chi connectivity index (χ4v) is 4.90. The number of nitrogens with one attached hydrogen (secondary N) is 2. The Morgan fingerprint density at radius 2 is 1.97 bits per heavy atom. The lowest BCUT2D eigenvalue weighted by Crippen LogP contribution is -2.38. The molecule has 1 amide bonds. The van der Waals surface area contributed by atoms with Gasteiger partial charge in [0.05, 0.1) is 17.9 Å². The number of hydrogen-bond donors (Lipinski definition) is 2. The van der Waals surface area contributed by atoms with Gasteiger partial charge in [-0.15, -0.1) is 0 Å². The molecule has 0 bridgehead atoms. The van der Waals surface area contributed by atoms with Gasteiger partial charge in [0.1, 0.15) is 23.2 Å². The van der Waals surface area contributed by atoms with E-state index < -0.39 is 11.4 Å². The van der Waals surface area contributed by atoms with Crippen LogP contribution in [0, 0.1) is 5.82 Å². The number of allylic oxidation sites excluding steroid dienone is 1. The van der Waals surface area contributed by atoms with Crippen LogP contribution in [0.1, 0.15) is 43.9 Å². The van der Waals surface area contributed by atoms with E-state index >= 15 is 0 Å². The molecule has 0 saturated heterocycles. The maximum Gasteiger partial charge on any atom is 0.323 e. The number of anilines is 1. The number of rotatable bonds is 9. The van der Waals surface area contributed by atoms with Crippen LogP contribution < -0.4 is 10.6 Å². The van der Waals surface area contributed by atoms with Gasteiger partial charge in [0.2, 0.25) is 0 Å². The molecule has 4 rings (SSSR count). The van der Waals surface area contributed by atoms with Crippen molar-refractivity contribution >= 4 is 40.5 Å². The van der Waals surface area contributed by atoms with Gasteiger partial charge >= 0.3 is 5.97 Å². The van der Waals surface area contributed by atoms with Crippen LogP contribution in [0.3, 0.4) is 0 Å². The number of fused-ring (bicyclic) bond motifs is 1. The highest BCUT2D eigenvalue weighted by Crippen LogP contribution is 2.44. The Balaban J connectivity index is 1.54. The summed E-state index contributed by atoms with van der Waals surface area (Å²) in [6.07, 6.45) is 4.61. The fourth-order valence-electron chi connectivity index (χ4n) is 4.43. The maximum atomic E-state index is 13.6. The molecule has 2 aliphatic heterocycles. The molecule has 1 unspecified atom stereocenters. The Kier molecular flexibility index (Phi) is 7.85. The number of ether oxygens (including phenoxy) is 2. The monoisotopic (exact) mass is 510 g/mol. The van der Waals surface area contributed by atoms with Crippen LogP contribution in [-0.2, 0) is 25.6 Å². The van der Waals surface area contributed by atoms with Crippen LogP contribution >= 0.6 is 11.8 Å². The SMILES string of the molecule is CCOC(=O)C(CCSC)NCc1ccc(C2=CC(=C3C(=O)Nc4cc(F)ccc43)OC2(C)C)cc1. The van der Waals surface area contributed by atoms with Crippen molar-refractivity contribution in [3.8, 4) is 0 Å². The van der Waals surface area contributed by atoms with Crippen molar-refractivity contribution < 1.29 is 23.5 Å². The van der Waals surface area contributed by atoms with E-state index in [4.69, 9.17) is 9.47 Å². The van der Waals surface area contributed by atoms with E-state index in [0.29, 0.717) is 42.2 Å². The third kappa shape index (κ3) is 5.50. The topological polar surface area (TPSA) is 76.7 Å². The molecular formula is C28H31FN2O4S. The largest absolute Gasteiger partial charge is 0.482 e. The predicted molar refractivity (Wildman–Crippen MR) is 142 cm³/mol. The minimum Gasteiger partial charge on any atom is -0.482 e. The molecule has 0 aromatic heterocycles. The van der Waals surface area contributed by atoms with Crippen LogP contribution in [0.15, 0.2) is 54.3 Å². The van der Waals surface area contributed by atoms with E-state index in [1.54, 1.807) is 17.8 Å². The highest BCUT2D eigenvalue weighted by atomic mass is 32.2. The number of halogens is 1.